The number of halogens is 1. The lowest BCUT2D eigenvalue weighted by Gasteiger charge is -2.06. The fourth-order valence-corrected chi connectivity index (χ4v) is 1.59. The molecular weight excluding hydrogens is 215 g/mol. The number of pyridine rings is 1. The molecule has 3 heteroatoms. The Morgan fingerprint density at radius 3 is 2.65 bits per heavy atom. The Labute approximate surface area is 101 Å². The Morgan fingerprint density at radius 1 is 1.29 bits per heavy atom. The van der Waals surface area contributed by atoms with Gasteiger partial charge in [-0.1, -0.05) is 19.9 Å². The molecule has 1 aromatic heterocycles. The molecule has 88 valence electrons. The van der Waals surface area contributed by atoms with Gasteiger partial charge in [0.05, 0.1) is 12.0 Å². The highest BCUT2D eigenvalue weighted by molar-refractivity contribution is 5.85. The van der Waals surface area contributed by atoms with Gasteiger partial charge in [-0.25, -0.2) is 4.39 Å². The van der Waals surface area contributed by atoms with Gasteiger partial charge in [0.25, 0.3) is 0 Å². The van der Waals surface area contributed by atoms with Crippen LogP contribution in [0.3, 0.4) is 0 Å². The molecule has 0 saturated carbocycles. The molecule has 0 bridgehead atoms. The van der Waals surface area contributed by atoms with E-state index in [9.17, 15) is 4.39 Å². The number of hydrogen-bond donors (Lipinski definition) is 0. The van der Waals surface area contributed by atoms with Crippen molar-refractivity contribution in [1.82, 2.24) is 4.98 Å². The summed E-state index contributed by atoms with van der Waals surface area (Å²) in [7, 11) is 0. The number of rotatable bonds is 1. The Hall–Kier alpha value is -1.95. The van der Waals surface area contributed by atoms with Crippen molar-refractivity contribution in [2.75, 3.05) is 0 Å². The molecule has 1 aromatic carbocycles. The van der Waals surface area contributed by atoms with Crippen LogP contribution in [0.2, 0.25) is 0 Å². The van der Waals surface area contributed by atoms with E-state index < -0.39 is 0 Å². The van der Waals surface area contributed by atoms with Crippen molar-refractivity contribution in [3.8, 4) is 6.07 Å². The lowest BCUT2D eigenvalue weighted by atomic mass is 9.98. The summed E-state index contributed by atoms with van der Waals surface area (Å²) in [6.07, 6.45) is 3.26. The standard InChI is InChI=1S/C12H9FN2.C2H6/c1-8(5-14)12-7-15-6-9-4-10(13)2-3-11(9)12;1-2/h2-4,6-8H,1H3;1-2H3. The maximum atomic E-state index is 13.0. The highest BCUT2D eigenvalue weighted by atomic mass is 19.1. The van der Waals surface area contributed by atoms with E-state index in [4.69, 9.17) is 5.26 Å². The molecule has 1 atom stereocenters. The molecular formula is C14H15FN2. The van der Waals surface area contributed by atoms with Crippen LogP contribution in [0, 0.1) is 17.1 Å². The highest BCUT2D eigenvalue weighted by Gasteiger charge is 2.08. The van der Waals surface area contributed by atoms with E-state index >= 15 is 0 Å². The van der Waals surface area contributed by atoms with Crippen LogP contribution in [0.1, 0.15) is 32.3 Å². The SMILES string of the molecule is CC.CC(C#N)c1cncc2cc(F)ccc12. The van der Waals surface area contributed by atoms with Gasteiger partial charge in [-0.05, 0) is 30.0 Å². The Kier molecular flexibility index (Phi) is 4.59. The summed E-state index contributed by atoms with van der Waals surface area (Å²) in [6.45, 7) is 5.81. The number of hydrogen-bond acceptors (Lipinski definition) is 2. The predicted molar refractivity (Wildman–Crippen MR) is 67.1 cm³/mol. The van der Waals surface area contributed by atoms with Crippen molar-refractivity contribution in [3.63, 3.8) is 0 Å². The topological polar surface area (TPSA) is 36.7 Å². The van der Waals surface area contributed by atoms with E-state index in [-0.39, 0.29) is 11.7 Å². The van der Waals surface area contributed by atoms with E-state index in [0.29, 0.717) is 0 Å². The van der Waals surface area contributed by atoms with Crippen LogP contribution in [-0.4, -0.2) is 4.98 Å². The molecule has 2 aromatic rings. The fraction of sp³-hybridized carbons (Fsp3) is 0.286. The number of nitriles is 1. The Balaban J connectivity index is 0.000000686. The van der Waals surface area contributed by atoms with Crippen LogP contribution in [-0.2, 0) is 0 Å². The van der Waals surface area contributed by atoms with Gasteiger partial charge in [0.2, 0.25) is 0 Å². The lowest BCUT2D eigenvalue weighted by molar-refractivity contribution is 0.629. The maximum absolute atomic E-state index is 13.0. The quantitative estimate of drug-likeness (QED) is 0.741. The molecule has 0 aliphatic carbocycles. The Morgan fingerprint density at radius 2 is 2.00 bits per heavy atom. The minimum atomic E-state index is -0.286. The van der Waals surface area contributed by atoms with Crippen LogP contribution in [0.25, 0.3) is 10.8 Å². The fourth-order valence-electron chi connectivity index (χ4n) is 1.59. The largest absolute Gasteiger partial charge is 0.264 e. The van der Waals surface area contributed by atoms with Crippen LogP contribution in [0.15, 0.2) is 30.6 Å². The lowest BCUT2D eigenvalue weighted by Crippen LogP contribution is -1.93. The predicted octanol–water partition coefficient (Wildman–Crippen LogP) is 4.03. The molecule has 0 saturated heterocycles. The van der Waals surface area contributed by atoms with Crippen molar-refractivity contribution >= 4 is 10.8 Å². The van der Waals surface area contributed by atoms with Gasteiger partial charge >= 0.3 is 0 Å². The summed E-state index contributed by atoms with van der Waals surface area (Å²) in [4.78, 5) is 4.01. The highest BCUT2D eigenvalue weighted by Crippen LogP contribution is 2.24. The third-order valence-corrected chi connectivity index (χ3v) is 2.41. The number of aromatic nitrogens is 1. The Bertz CT molecular complexity index is 543. The summed E-state index contributed by atoms with van der Waals surface area (Å²) in [5.41, 5.74) is 0.843. The molecule has 2 rings (SSSR count). The zero-order valence-electron chi connectivity index (χ0n) is 10.2. The van der Waals surface area contributed by atoms with E-state index in [1.165, 1.54) is 12.1 Å². The van der Waals surface area contributed by atoms with E-state index in [2.05, 4.69) is 11.1 Å². The maximum Gasteiger partial charge on any atom is 0.123 e. The molecule has 0 aliphatic rings. The van der Waals surface area contributed by atoms with Gasteiger partial charge < -0.3 is 0 Å². The normalized spacial score (nSPS) is 11.2. The van der Waals surface area contributed by atoms with Gasteiger partial charge in [-0.15, -0.1) is 0 Å². The molecule has 1 unspecified atom stereocenters. The minimum absolute atomic E-state index is 0.230. The summed E-state index contributed by atoms with van der Waals surface area (Å²) in [5.74, 6) is -0.516. The average Bonchev–Trinajstić information content (AvgIpc) is 2.39. The molecule has 0 amide bonds. The molecule has 0 N–H and O–H groups in total. The number of nitrogens with zero attached hydrogens (tertiary/aromatic N) is 2. The second kappa shape index (κ2) is 5.95. The van der Waals surface area contributed by atoms with E-state index in [0.717, 1.165) is 16.3 Å². The zero-order valence-corrected chi connectivity index (χ0v) is 10.2. The third-order valence-electron chi connectivity index (χ3n) is 2.41. The molecule has 17 heavy (non-hydrogen) atoms. The average molecular weight is 230 g/mol. The third kappa shape index (κ3) is 2.79. The van der Waals surface area contributed by atoms with Crippen molar-refractivity contribution in [3.05, 3.63) is 42.0 Å². The van der Waals surface area contributed by atoms with Crippen molar-refractivity contribution in [1.29, 1.82) is 5.26 Å². The van der Waals surface area contributed by atoms with Gasteiger partial charge in [0, 0.05) is 17.8 Å². The molecule has 0 aliphatic heterocycles. The van der Waals surface area contributed by atoms with Gasteiger partial charge in [-0.3, -0.25) is 4.98 Å². The second-order valence-corrected chi connectivity index (χ2v) is 3.44. The van der Waals surface area contributed by atoms with Crippen LogP contribution < -0.4 is 0 Å². The molecule has 0 radical (unpaired) electrons. The monoisotopic (exact) mass is 230 g/mol. The molecule has 0 spiro atoms. The number of benzene rings is 1. The molecule has 2 nitrogen and oxygen atoms in total. The zero-order chi connectivity index (χ0) is 12.8. The first-order valence-electron chi connectivity index (χ1n) is 5.65. The van der Waals surface area contributed by atoms with E-state index in [1.54, 1.807) is 25.4 Å². The van der Waals surface area contributed by atoms with Crippen LogP contribution in [0.5, 0.6) is 0 Å². The summed E-state index contributed by atoms with van der Waals surface area (Å²) in [6, 6.07) is 6.67. The summed E-state index contributed by atoms with van der Waals surface area (Å²) >= 11 is 0. The van der Waals surface area contributed by atoms with E-state index in [1.807, 2.05) is 13.8 Å². The van der Waals surface area contributed by atoms with Gasteiger partial charge in [0.1, 0.15) is 5.82 Å². The van der Waals surface area contributed by atoms with Gasteiger partial charge in [-0.2, -0.15) is 5.26 Å². The first-order chi connectivity index (χ1) is 8.22. The van der Waals surface area contributed by atoms with Crippen LogP contribution in [0.4, 0.5) is 4.39 Å². The van der Waals surface area contributed by atoms with Crippen LogP contribution >= 0.6 is 0 Å². The minimum Gasteiger partial charge on any atom is -0.264 e. The second-order valence-electron chi connectivity index (χ2n) is 3.44. The summed E-state index contributed by atoms with van der Waals surface area (Å²) < 4.78 is 13.0. The number of fused-ring (bicyclic) bond motifs is 1. The first kappa shape index (κ1) is 13.1. The summed E-state index contributed by atoms with van der Waals surface area (Å²) in [5, 5.41) is 10.5. The van der Waals surface area contributed by atoms with Gasteiger partial charge in [0.15, 0.2) is 0 Å². The smallest absolute Gasteiger partial charge is 0.123 e. The van der Waals surface area contributed by atoms with Crippen molar-refractivity contribution in [2.24, 2.45) is 0 Å². The van der Waals surface area contributed by atoms with Crippen molar-refractivity contribution in [2.45, 2.75) is 26.7 Å². The molecule has 0 fully saturated rings. The first-order valence-corrected chi connectivity index (χ1v) is 5.65. The molecule has 1 heterocycles. The van der Waals surface area contributed by atoms with Crippen molar-refractivity contribution < 1.29 is 4.39 Å².